The average Bonchev–Trinajstić information content (AvgIpc) is 3.63. The minimum atomic E-state index is -3.20. The number of aliphatic hydroxyl groups is 1. The van der Waals surface area contributed by atoms with E-state index in [1.165, 1.54) is 16.1 Å². The number of anilines is 1. The van der Waals surface area contributed by atoms with Crippen molar-refractivity contribution in [1.82, 2.24) is 28.7 Å². The average molecular weight is 934 g/mol. The first-order chi connectivity index (χ1) is 32.0. The van der Waals surface area contributed by atoms with Crippen LogP contribution in [0.2, 0.25) is 0 Å². The van der Waals surface area contributed by atoms with E-state index in [9.17, 15) is 19.3 Å². The summed E-state index contributed by atoms with van der Waals surface area (Å²) in [6.07, 6.45) is 6.04. The third kappa shape index (κ3) is 7.70. The van der Waals surface area contributed by atoms with E-state index < -0.39 is 36.0 Å². The number of aryl methyl sites for hydroxylation is 2. The number of rotatable bonds is 11. The maximum atomic E-state index is 15.5. The van der Waals surface area contributed by atoms with Crippen LogP contribution in [0.25, 0.3) is 16.6 Å². The van der Waals surface area contributed by atoms with Crippen molar-refractivity contribution in [2.45, 2.75) is 90.6 Å². The Bertz CT molecular complexity index is 3150. The number of hydrogen-bond donors (Lipinski definition) is 4. The van der Waals surface area contributed by atoms with Gasteiger partial charge < -0.3 is 34.9 Å². The fourth-order valence-electron chi connectivity index (χ4n) is 10.4. The van der Waals surface area contributed by atoms with Gasteiger partial charge in [0.2, 0.25) is 0 Å². The predicted molar refractivity (Wildman–Crippen MR) is 256 cm³/mol. The van der Waals surface area contributed by atoms with Crippen molar-refractivity contribution in [2.75, 3.05) is 38.3 Å². The van der Waals surface area contributed by atoms with Gasteiger partial charge in [0.15, 0.2) is 5.82 Å². The number of imidazole rings is 1. The molecule has 16 nitrogen and oxygen atoms in total. The number of ether oxygens (including phenoxy) is 1. The van der Waals surface area contributed by atoms with Crippen LogP contribution in [-0.4, -0.2) is 90.4 Å². The monoisotopic (exact) mass is 933 g/mol. The Labute approximate surface area is 386 Å². The van der Waals surface area contributed by atoms with Crippen LogP contribution in [0.3, 0.4) is 0 Å². The zero-order valence-electron chi connectivity index (χ0n) is 38.8. The molecule has 5 N–H and O–H groups in total. The Kier molecular flexibility index (Phi) is 11.9. The number of benzene rings is 3. The van der Waals surface area contributed by atoms with Crippen molar-refractivity contribution in [3.63, 3.8) is 0 Å². The summed E-state index contributed by atoms with van der Waals surface area (Å²) in [5, 5.41) is 19.1. The lowest BCUT2D eigenvalue weighted by Gasteiger charge is -2.37. The maximum Gasteiger partial charge on any atom is 0.438 e. The number of aliphatic imine (C=N–C) groups is 1. The maximum absolute atomic E-state index is 15.5. The summed E-state index contributed by atoms with van der Waals surface area (Å²) >= 11 is 0. The fraction of sp³-hybridized carbons (Fsp3) is 0.408. The van der Waals surface area contributed by atoms with Gasteiger partial charge in [0.1, 0.15) is 35.9 Å². The van der Waals surface area contributed by atoms with Crippen LogP contribution in [0.1, 0.15) is 92.3 Å². The summed E-state index contributed by atoms with van der Waals surface area (Å²) in [6, 6.07) is 15.7. The molecular formula is C49H57FN9O7P. The minimum absolute atomic E-state index is 0.0116. The number of nitrogens with zero attached hydrogens (tertiary/aromatic N) is 6. The largest absolute Gasteiger partial charge is 0.438 e. The quantitative estimate of drug-likeness (QED) is 0.0606. The summed E-state index contributed by atoms with van der Waals surface area (Å²) in [4.78, 5) is 52.2. The van der Waals surface area contributed by atoms with Crippen molar-refractivity contribution in [2.24, 2.45) is 16.6 Å². The molecule has 0 spiro atoms. The lowest BCUT2D eigenvalue weighted by Crippen LogP contribution is -2.49. The first-order valence-electron chi connectivity index (χ1n) is 22.9. The first-order valence-corrected chi connectivity index (χ1v) is 24.8. The Morgan fingerprint density at radius 2 is 1.81 bits per heavy atom. The highest BCUT2D eigenvalue weighted by Crippen LogP contribution is 2.56. The van der Waals surface area contributed by atoms with Crippen molar-refractivity contribution in [1.29, 1.82) is 0 Å². The van der Waals surface area contributed by atoms with E-state index in [2.05, 4.69) is 27.6 Å². The molecule has 0 unspecified atom stereocenters. The molecule has 352 valence electrons. The topological polar surface area (TPSA) is 208 Å². The summed E-state index contributed by atoms with van der Waals surface area (Å²) in [5.74, 6) is -1.64. The van der Waals surface area contributed by atoms with E-state index in [0.29, 0.717) is 81.8 Å². The molecule has 1 saturated heterocycles. The SMILES string of the molecule is CC[P@@](=O)(c1ccc(-n2ccn(C(=Nc3cc(C)c(F)c(C)c3)C3=C(N)CCN(C(=O)c4cc5cc(C6CCOCC6)ccc5n4[C@@]4(c5noc(=O)[nH]5)C[C@@H]4C)[C@H]3C)c2=O)cc1NC)[C@H](C)O. The third-order valence-electron chi connectivity index (χ3n) is 14.3. The Hall–Kier alpha value is -6.29. The highest BCUT2D eigenvalue weighted by molar-refractivity contribution is 7.72. The lowest BCUT2D eigenvalue weighted by molar-refractivity contribution is 0.0697. The van der Waals surface area contributed by atoms with Gasteiger partial charge in [-0.1, -0.05) is 25.1 Å². The van der Waals surface area contributed by atoms with Gasteiger partial charge in [-0.2, -0.15) is 0 Å². The van der Waals surface area contributed by atoms with Crippen molar-refractivity contribution < 1.29 is 28.1 Å². The van der Waals surface area contributed by atoms with Crippen LogP contribution < -0.4 is 27.8 Å². The second-order valence-corrected chi connectivity index (χ2v) is 21.7. The van der Waals surface area contributed by atoms with Crippen molar-refractivity contribution in [3.05, 3.63) is 133 Å². The van der Waals surface area contributed by atoms with E-state index >= 15 is 9.18 Å². The number of halogens is 1. The molecule has 1 saturated carbocycles. The van der Waals surface area contributed by atoms with Crippen LogP contribution >= 0.6 is 7.14 Å². The summed E-state index contributed by atoms with van der Waals surface area (Å²) in [6.45, 7) is 12.1. The van der Waals surface area contributed by atoms with Crippen LogP contribution in [0, 0.1) is 25.6 Å². The molecule has 6 aromatic rings. The zero-order chi connectivity index (χ0) is 47.7. The zero-order valence-corrected chi connectivity index (χ0v) is 39.7. The molecule has 9 rings (SSSR count). The molecule has 2 aliphatic heterocycles. The molecule has 1 aliphatic carbocycles. The van der Waals surface area contributed by atoms with Gasteiger partial charge in [0.25, 0.3) is 5.91 Å². The molecule has 3 aromatic carbocycles. The van der Waals surface area contributed by atoms with Gasteiger partial charge in [-0.3, -0.25) is 23.4 Å². The number of nitrogens with two attached hydrogens (primary N) is 1. The van der Waals surface area contributed by atoms with E-state index in [1.54, 1.807) is 75.4 Å². The van der Waals surface area contributed by atoms with Gasteiger partial charge in [0, 0.05) is 84.9 Å². The molecule has 5 heterocycles. The Morgan fingerprint density at radius 1 is 1.09 bits per heavy atom. The Morgan fingerprint density at radius 3 is 2.43 bits per heavy atom. The van der Waals surface area contributed by atoms with E-state index in [4.69, 9.17) is 20.0 Å². The van der Waals surface area contributed by atoms with Gasteiger partial charge in [-0.05, 0) is 124 Å². The predicted octanol–water partition coefficient (Wildman–Crippen LogP) is 6.82. The summed E-state index contributed by atoms with van der Waals surface area (Å²) in [5.41, 5.74) is 10.9. The summed E-state index contributed by atoms with van der Waals surface area (Å²) < 4.78 is 44.4. The highest BCUT2D eigenvalue weighted by Gasteiger charge is 2.59. The van der Waals surface area contributed by atoms with Crippen molar-refractivity contribution >= 4 is 46.5 Å². The van der Waals surface area contributed by atoms with Crippen LogP contribution in [0.5, 0.6) is 0 Å². The molecule has 1 amide bonds. The molecule has 5 atom stereocenters. The lowest BCUT2D eigenvalue weighted by atomic mass is 9.91. The fourth-order valence-corrected chi connectivity index (χ4v) is 12.5. The number of amides is 1. The molecule has 0 radical (unpaired) electrons. The molecule has 0 bridgehead atoms. The molecule has 67 heavy (non-hydrogen) atoms. The number of nitrogens with one attached hydrogen (secondary N) is 2. The second kappa shape index (κ2) is 17.4. The number of aliphatic hydroxyl groups excluding tert-OH is 1. The number of hydrogen-bond acceptors (Lipinski definition) is 11. The molecule has 3 aromatic heterocycles. The minimum Gasteiger partial charge on any atom is -0.402 e. The number of carbonyl (C=O) groups excluding carboxylic acids is 1. The van der Waals surface area contributed by atoms with Gasteiger partial charge in [-0.15, -0.1) is 0 Å². The normalized spacial score (nSPS) is 21.7. The van der Waals surface area contributed by atoms with Crippen molar-refractivity contribution in [3.8, 4) is 5.69 Å². The standard InChI is InChI=1S/C49H57FN9O7P/c1-8-67(64,31(6)60)41-12-10-36(25-38(41)52-7)57-17-18-58(48(57)63)44(53-35-21-27(2)43(50)28(3)22-35)42-30(5)56(16-13-37(42)51)45(61)40-24-34-23-33(32-14-19-65-20-15-32)9-11-39(34)59(40)49(26-29(49)4)46-54-47(62)66-55-46/h9-12,17-18,21-25,29-32,52,60H,8,13-16,19-20,26,51H2,1-7H3,(H,54,55,62)/t29-,30-,31+,49-,67-/m0/s1. The molecule has 2 fully saturated rings. The highest BCUT2D eigenvalue weighted by atomic mass is 31.2. The Balaban J connectivity index is 1.16. The van der Waals surface area contributed by atoms with Gasteiger partial charge in [-0.25, -0.2) is 19.0 Å². The number of aromatic nitrogens is 5. The number of aromatic amines is 1. The molecule has 18 heteroatoms. The number of carbonyl (C=O) groups is 1. The van der Waals surface area contributed by atoms with Crippen LogP contribution in [0.15, 0.2) is 97.4 Å². The third-order valence-corrected chi connectivity index (χ3v) is 17.6. The van der Waals surface area contributed by atoms with E-state index in [0.717, 1.165) is 29.3 Å². The van der Waals surface area contributed by atoms with E-state index in [1.807, 2.05) is 30.5 Å². The van der Waals surface area contributed by atoms with Crippen LogP contribution in [0.4, 0.5) is 15.8 Å². The first kappa shape index (κ1) is 45.8. The van der Waals surface area contributed by atoms with Crippen LogP contribution in [-0.2, 0) is 14.8 Å². The van der Waals surface area contributed by atoms with Gasteiger partial charge >= 0.3 is 11.4 Å². The second-order valence-electron chi connectivity index (χ2n) is 18.3. The molecular weight excluding hydrogens is 877 g/mol. The smallest absolute Gasteiger partial charge is 0.402 e. The molecule has 3 aliphatic rings. The van der Waals surface area contributed by atoms with Gasteiger partial charge in [0.05, 0.1) is 17.4 Å². The number of fused-ring (bicyclic) bond motifs is 1. The summed E-state index contributed by atoms with van der Waals surface area (Å²) in [7, 11) is -1.51. The number of H-pyrrole nitrogens is 1. The van der Waals surface area contributed by atoms with E-state index in [-0.39, 0.29) is 42.6 Å².